The minimum absolute atomic E-state index is 1.17. The Morgan fingerprint density at radius 1 is 0.321 bits per heavy atom. The van der Waals surface area contributed by atoms with Gasteiger partial charge in [0, 0.05) is 48.8 Å². The monoisotopic (exact) mass is 986 g/mol. The number of aryl methyl sites for hydroxylation is 4. The maximum atomic E-state index is 3.94. The first-order valence-corrected chi connectivity index (χ1v) is 27.9. The number of halogens is 2. The highest BCUT2D eigenvalue weighted by molar-refractivity contribution is 9.11. The third-order valence-electron chi connectivity index (χ3n) is 10.7. The Hall–Kier alpha value is -0.840. The van der Waals surface area contributed by atoms with Crippen LogP contribution in [-0.4, -0.2) is 0 Å². The van der Waals surface area contributed by atoms with Gasteiger partial charge >= 0.3 is 0 Å². The summed E-state index contributed by atoms with van der Waals surface area (Å²) in [6, 6.07) is 19.6. The summed E-state index contributed by atoms with van der Waals surface area (Å²) in [6.07, 6.45) is 25.5. The second-order valence-electron chi connectivity index (χ2n) is 15.3. The van der Waals surface area contributed by atoms with Crippen LogP contribution in [0, 0.1) is 0 Å². The number of unbranched alkanes of at least 4 members (excludes halogenated alkanes) is 12. The van der Waals surface area contributed by atoms with Crippen LogP contribution in [0.15, 0.2) is 56.1 Å². The summed E-state index contributed by atoms with van der Waals surface area (Å²) in [5.41, 5.74) is 6.05. The quantitative estimate of drug-likeness (QED) is 0.0502. The van der Waals surface area contributed by atoms with Gasteiger partial charge in [-0.25, -0.2) is 0 Å². The van der Waals surface area contributed by atoms with E-state index in [1.165, 1.54) is 196 Å². The molecule has 0 aromatic carbocycles. The molecule has 0 nitrogen and oxygen atoms in total. The molecule has 0 radical (unpaired) electrons. The summed E-state index contributed by atoms with van der Waals surface area (Å²) in [5, 5.41) is 0. The number of thiophene rings is 6. The maximum absolute atomic E-state index is 3.94. The van der Waals surface area contributed by atoms with Crippen LogP contribution in [0.3, 0.4) is 0 Å². The lowest BCUT2D eigenvalue weighted by Gasteiger charge is -2.02. The molecule has 0 amide bonds. The van der Waals surface area contributed by atoms with Crippen LogP contribution in [-0.2, 0) is 25.7 Å². The number of rotatable bonds is 25. The molecule has 0 spiro atoms. The normalized spacial score (nSPS) is 11.8. The lowest BCUT2D eigenvalue weighted by molar-refractivity contribution is 0.667. The van der Waals surface area contributed by atoms with E-state index in [4.69, 9.17) is 0 Å². The van der Waals surface area contributed by atoms with E-state index in [2.05, 4.69) is 108 Å². The highest BCUT2D eigenvalue weighted by Gasteiger charge is 2.20. The molecule has 56 heavy (non-hydrogen) atoms. The Labute approximate surface area is 379 Å². The Morgan fingerprint density at radius 2 is 0.625 bits per heavy atom. The summed E-state index contributed by atoms with van der Waals surface area (Å²) in [6.45, 7) is 9.21. The second-order valence-corrected chi connectivity index (χ2v) is 24.3. The van der Waals surface area contributed by atoms with Gasteiger partial charge in [0.05, 0.1) is 7.57 Å². The van der Waals surface area contributed by atoms with Crippen molar-refractivity contribution in [1.29, 1.82) is 0 Å². The van der Waals surface area contributed by atoms with Crippen LogP contribution in [0.1, 0.15) is 153 Å². The SMILES string of the molecule is CCCCCCc1cc(-c2cc(CCCCCC)c(-c3ccc(-c4ccc(-c5sc(-c6cc(CCCCCC)c(Br)s6)cc5CCCCCC)s4)s3)s2)sc1Br. The van der Waals surface area contributed by atoms with Gasteiger partial charge in [-0.05, 0) is 154 Å². The van der Waals surface area contributed by atoms with E-state index < -0.39 is 0 Å². The summed E-state index contributed by atoms with van der Waals surface area (Å²) in [7, 11) is 0. The number of hydrogen-bond acceptors (Lipinski definition) is 6. The molecule has 6 aromatic heterocycles. The van der Waals surface area contributed by atoms with Crippen LogP contribution in [0.5, 0.6) is 0 Å². The minimum Gasteiger partial charge on any atom is -0.134 e. The zero-order valence-corrected chi connectivity index (χ0v) is 42.0. The molecule has 0 bridgehead atoms. The first-order chi connectivity index (χ1) is 27.4. The van der Waals surface area contributed by atoms with Gasteiger partial charge in [-0.15, -0.1) is 68.0 Å². The van der Waals surface area contributed by atoms with E-state index in [9.17, 15) is 0 Å². The lowest BCUT2D eigenvalue weighted by Crippen LogP contribution is -1.85. The van der Waals surface area contributed by atoms with Crippen LogP contribution in [0.25, 0.3) is 48.8 Å². The third-order valence-corrected chi connectivity index (χ3v) is 20.1. The van der Waals surface area contributed by atoms with Crippen molar-refractivity contribution < 1.29 is 0 Å². The highest BCUT2D eigenvalue weighted by Crippen LogP contribution is 2.50. The van der Waals surface area contributed by atoms with Gasteiger partial charge in [-0.3, -0.25) is 0 Å². The fourth-order valence-electron chi connectivity index (χ4n) is 7.44. The van der Waals surface area contributed by atoms with Crippen molar-refractivity contribution in [2.45, 2.75) is 156 Å². The van der Waals surface area contributed by atoms with Crippen molar-refractivity contribution in [3.8, 4) is 48.8 Å². The molecule has 0 atom stereocenters. The molecule has 0 aliphatic heterocycles. The van der Waals surface area contributed by atoms with Gasteiger partial charge < -0.3 is 0 Å². The molecule has 6 heterocycles. The minimum atomic E-state index is 1.17. The molecule has 0 fully saturated rings. The fraction of sp³-hybridized carbons (Fsp3) is 0.500. The standard InChI is InChI=1S/C48H60Br2S6/c1-5-9-13-17-21-33-29-41(43-31-35(47(49)55-43)23-19-15-11-7-3)53-45(33)39-27-25-37(51-39)38-26-28-40(52-38)46-34(22-18-14-10-6-2)30-42(54-46)44-32-36(48(50)56-44)24-20-16-12-8-4/h25-32H,5-24H2,1-4H3. The summed E-state index contributed by atoms with van der Waals surface area (Å²) in [4.78, 5) is 14.3. The first-order valence-electron chi connectivity index (χ1n) is 21.5. The highest BCUT2D eigenvalue weighted by atomic mass is 79.9. The summed E-state index contributed by atoms with van der Waals surface area (Å²) >= 11 is 19.8. The largest absolute Gasteiger partial charge is 0.134 e. The number of hydrogen-bond donors (Lipinski definition) is 0. The lowest BCUT2D eigenvalue weighted by atomic mass is 10.1. The zero-order chi connectivity index (χ0) is 39.3. The Morgan fingerprint density at radius 3 is 0.982 bits per heavy atom. The fourth-order valence-corrected chi connectivity index (χ4v) is 15.9. The molecular formula is C48H60Br2S6. The first kappa shape index (κ1) is 44.7. The Balaban J connectivity index is 1.24. The molecule has 0 unspecified atom stereocenters. The van der Waals surface area contributed by atoms with Crippen molar-refractivity contribution in [1.82, 2.24) is 0 Å². The van der Waals surface area contributed by atoms with Crippen molar-refractivity contribution in [2.24, 2.45) is 0 Å². The van der Waals surface area contributed by atoms with Crippen molar-refractivity contribution in [3.63, 3.8) is 0 Å². The Kier molecular flexibility index (Phi) is 18.5. The van der Waals surface area contributed by atoms with Gasteiger partial charge in [0.1, 0.15) is 0 Å². The van der Waals surface area contributed by atoms with Crippen LogP contribution in [0.2, 0.25) is 0 Å². The van der Waals surface area contributed by atoms with E-state index in [1.807, 2.05) is 68.0 Å². The van der Waals surface area contributed by atoms with Gasteiger partial charge in [-0.1, -0.05) is 105 Å². The average molecular weight is 989 g/mol. The van der Waals surface area contributed by atoms with Gasteiger partial charge in [0.2, 0.25) is 0 Å². The van der Waals surface area contributed by atoms with Crippen molar-refractivity contribution in [3.05, 3.63) is 78.4 Å². The van der Waals surface area contributed by atoms with Crippen LogP contribution in [0.4, 0.5) is 0 Å². The molecular weight excluding hydrogens is 929 g/mol. The molecule has 0 aliphatic carbocycles. The van der Waals surface area contributed by atoms with Crippen molar-refractivity contribution >= 4 is 99.9 Å². The topological polar surface area (TPSA) is 0 Å². The molecule has 6 rings (SSSR count). The van der Waals surface area contributed by atoms with E-state index in [-0.39, 0.29) is 0 Å². The molecule has 0 aliphatic rings. The summed E-state index contributed by atoms with van der Waals surface area (Å²) in [5.74, 6) is 0. The second kappa shape index (κ2) is 23.2. The van der Waals surface area contributed by atoms with E-state index in [1.54, 1.807) is 11.1 Å². The van der Waals surface area contributed by atoms with Crippen LogP contribution < -0.4 is 0 Å². The average Bonchev–Trinajstić information content (AvgIpc) is 4.05. The smallest absolute Gasteiger partial charge is 0.0737 e. The predicted octanol–water partition coefficient (Wildman–Crippen LogP) is 20.4. The molecule has 0 N–H and O–H groups in total. The zero-order valence-electron chi connectivity index (χ0n) is 34.0. The summed E-state index contributed by atoms with van der Waals surface area (Å²) < 4.78 is 2.64. The van der Waals surface area contributed by atoms with Crippen molar-refractivity contribution in [2.75, 3.05) is 0 Å². The maximum Gasteiger partial charge on any atom is 0.0737 e. The van der Waals surface area contributed by atoms with E-state index >= 15 is 0 Å². The van der Waals surface area contributed by atoms with E-state index in [0.29, 0.717) is 0 Å². The molecule has 6 aromatic rings. The van der Waals surface area contributed by atoms with Gasteiger partial charge in [-0.2, -0.15) is 0 Å². The predicted molar refractivity (Wildman–Crippen MR) is 268 cm³/mol. The third kappa shape index (κ3) is 12.1. The van der Waals surface area contributed by atoms with Gasteiger partial charge in [0.25, 0.3) is 0 Å². The van der Waals surface area contributed by atoms with Gasteiger partial charge in [0.15, 0.2) is 0 Å². The van der Waals surface area contributed by atoms with E-state index in [0.717, 1.165) is 0 Å². The Bertz CT molecular complexity index is 1910. The molecule has 0 saturated heterocycles. The van der Waals surface area contributed by atoms with Crippen LogP contribution >= 0.6 is 99.9 Å². The molecule has 302 valence electrons. The molecule has 8 heteroatoms. The molecule has 0 saturated carbocycles.